The number of nitrogens with zero attached hydrogens (tertiary/aromatic N) is 2. The maximum absolute atomic E-state index is 13.0. The number of rotatable bonds is 2. The maximum atomic E-state index is 13.0. The second-order valence-corrected chi connectivity index (χ2v) is 5.58. The van der Waals surface area contributed by atoms with Crippen LogP contribution in [0.5, 0.6) is 0 Å². The van der Waals surface area contributed by atoms with E-state index in [0.29, 0.717) is 25.4 Å². The Morgan fingerprint density at radius 2 is 1.95 bits per heavy atom. The van der Waals surface area contributed by atoms with E-state index in [4.69, 9.17) is 4.74 Å². The number of benzene rings is 1. The Kier molecular flexibility index (Phi) is 3.98. The molecule has 5 heteroatoms. The van der Waals surface area contributed by atoms with Gasteiger partial charge in [0.1, 0.15) is 17.6 Å². The van der Waals surface area contributed by atoms with Crippen molar-refractivity contribution in [2.75, 3.05) is 19.7 Å². The number of carbonyl (C=O) groups excluding carboxylic acids is 1. The molecule has 22 heavy (non-hydrogen) atoms. The van der Waals surface area contributed by atoms with E-state index < -0.39 is 0 Å². The minimum atomic E-state index is -0.272. The van der Waals surface area contributed by atoms with Crippen LogP contribution in [0.4, 0.5) is 4.39 Å². The van der Waals surface area contributed by atoms with E-state index in [-0.39, 0.29) is 17.8 Å². The molecule has 2 heterocycles. The third-order valence-electron chi connectivity index (χ3n) is 4.19. The molecule has 3 rings (SSSR count). The highest BCUT2D eigenvalue weighted by Crippen LogP contribution is 2.23. The van der Waals surface area contributed by atoms with Crippen LogP contribution < -0.4 is 0 Å². The summed E-state index contributed by atoms with van der Waals surface area (Å²) < 4.78 is 20.6. The van der Waals surface area contributed by atoms with E-state index in [0.717, 1.165) is 11.3 Å². The monoisotopic (exact) mass is 302 g/mol. The third kappa shape index (κ3) is 2.76. The summed E-state index contributed by atoms with van der Waals surface area (Å²) in [6.45, 7) is 3.50. The molecule has 4 nitrogen and oxygen atoms in total. The van der Waals surface area contributed by atoms with Gasteiger partial charge in [0.05, 0.1) is 13.2 Å². The quantitative estimate of drug-likeness (QED) is 0.855. The van der Waals surface area contributed by atoms with Crippen molar-refractivity contribution in [2.24, 2.45) is 7.05 Å². The first-order valence-electron chi connectivity index (χ1n) is 7.35. The first-order valence-corrected chi connectivity index (χ1v) is 7.35. The van der Waals surface area contributed by atoms with E-state index >= 15 is 0 Å². The molecule has 116 valence electrons. The summed E-state index contributed by atoms with van der Waals surface area (Å²) >= 11 is 0. The Morgan fingerprint density at radius 3 is 2.59 bits per heavy atom. The van der Waals surface area contributed by atoms with Crippen LogP contribution >= 0.6 is 0 Å². The van der Waals surface area contributed by atoms with Gasteiger partial charge in [-0.1, -0.05) is 12.1 Å². The molecular weight excluding hydrogens is 283 g/mol. The number of morpholine rings is 1. The van der Waals surface area contributed by atoms with Gasteiger partial charge in [-0.2, -0.15) is 0 Å². The van der Waals surface area contributed by atoms with Crippen molar-refractivity contribution in [3.05, 3.63) is 59.2 Å². The van der Waals surface area contributed by atoms with E-state index in [1.807, 2.05) is 30.7 Å². The lowest BCUT2D eigenvalue weighted by Gasteiger charge is -2.33. The standard InChI is InChI=1S/C17H19FN2O2/c1-12-3-8-15(19(12)2)17(21)20-9-10-22-16(11-20)13-4-6-14(18)7-5-13/h3-8,16H,9-11H2,1-2H3/t16-/m1/s1. The molecule has 1 aliphatic heterocycles. The fraction of sp³-hybridized carbons (Fsp3) is 0.353. The molecular formula is C17H19FN2O2. The summed E-state index contributed by atoms with van der Waals surface area (Å²) in [6.07, 6.45) is -0.209. The molecule has 0 spiro atoms. The predicted molar refractivity (Wildman–Crippen MR) is 81.1 cm³/mol. The van der Waals surface area contributed by atoms with Crippen LogP contribution in [-0.2, 0) is 11.8 Å². The number of hydrogen-bond donors (Lipinski definition) is 0. The highest BCUT2D eigenvalue weighted by Gasteiger charge is 2.27. The lowest BCUT2D eigenvalue weighted by atomic mass is 10.1. The topological polar surface area (TPSA) is 34.5 Å². The predicted octanol–water partition coefficient (Wildman–Crippen LogP) is 2.69. The number of carbonyl (C=O) groups is 1. The summed E-state index contributed by atoms with van der Waals surface area (Å²) in [5.41, 5.74) is 2.62. The molecule has 0 saturated carbocycles. The van der Waals surface area contributed by atoms with Gasteiger partial charge >= 0.3 is 0 Å². The van der Waals surface area contributed by atoms with Crippen molar-refractivity contribution < 1.29 is 13.9 Å². The van der Waals surface area contributed by atoms with Crippen molar-refractivity contribution in [1.82, 2.24) is 9.47 Å². The largest absolute Gasteiger partial charge is 0.370 e. The van der Waals surface area contributed by atoms with Gasteiger partial charge < -0.3 is 14.2 Å². The average Bonchev–Trinajstić information content (AvgIpc) is 2.87. The van der Waals surface area contributed by atoms with Crippen LogP contribution in [0, 0.1) is 12.7 Å². The lowest BCUT2D eigenvalue weighted by Crippen LogP contribution is -2.42. The highest BCUT2D eigenvalue weighted by atomic mass is 19.1. The normalized spacial score (nSPS) is 18.5. The van der Waals surface area contributed by atoms with Gasteiger partial charge in [0.15, 0.2) is 0 Å². The number of aromatic nitrogens is 1. The Labute approximate surface area is 129 Å². The van der Waals surface area contributed by atoms with Crippen LogP contribution in [0.25, 0.3) is 0 Å². The van der Waals surface area contributed by atoms with Gasteiger partial charge in [-0.15, -0.1) is 0 Å². The SMILES string of the molecule is Cc1ccc(C(=O)N2CCO[C@@H](c3ccc(F)cc3)C2)n1C. The number of ether oxygens (including phenoxy) is 1. The average molecular weight is 302 g/mol. The number of hydrogen-bond acceptors (Lipinski definition) is 2. The second-order valence-electron chi connectivity index (χ2n) is 5.58. The number of amides is 1. The minimum absolute atomic E-state index is 0.00557. The van der Waals surface area contributed by atoms with Crippen molar-refractivity contribution in [3.8, 4) is 0 Å². The molecule has 1 aromatic carbocycles. The van der Waals surface area contributed by atoms with Crippen molar-refractivity contribution >= 4 is 5.91 Å². The van der Waals surface area contributed by atoms with Gasteiger partial charge in [0, 0.05) is 19.3 Å². The van der Waals surface area contributed by atoms with E-state index in [1.54, 1.807) is 17.0 Å². The summed E-state index contributed by atoms with van der Waals surface area (Å²) in [4.78, 5) is 14.5. The van der Waals surface area contributed by atoms with Gasteiger partial charge in [-0.3, -0.25) is 4.79 Å². The molecule has 0 aliphatic carbocycles. The summed E-state index contributed by atoms with van der Waals surface area (Å²) in [5, 5.41) is 0. The van der Waals surface area contributed by atoms with Gasteiger partial charge in [0.2, 0.25) is 0 Å². The van der Waals surface area contributed by atoms with E-state index in [9.17, 15) is 9.18 Å². The molecule has 1 amide bonds. The Morgan fingerprint density at radius 1 is 1.23 bits per heavy atom. The Bertz CT molecular complexity index is 678. The highest BCUT2D eigenvalue weighted by molar-refractivity contribution is 5.93. The van der Waals surface area contributed by atoms with Crippen LogP contribution in [0.15, 0.2) is 36.4 Å². The summed E-state index contributed by atoms with van der Waals surface area (Å²) in [7, 11) is 1.89. The van der Waals surface area contributed by atoms with Crippen LogP contribution in [-0.4, -0.2) is 35.1 Å². The van der Waals surface area contributed by atoms with Gasteiger partial charge in [0.25, 0.3) is 5.91 Å². The van der Waals surface area contributed by atoms with Crippen LogP contribution in [0.2, 0.25) is 0 Å². The molecule has 0 N–H and O–H groups in total. The summed E-state index contributed by atoms with van der Waals surface area (Å²) in [5.74, 6) is -0.266. The zero-order chi connectivity index (χ0) is 15.7. The van der Waals surface area contributed by atoms with Gasteiger partial charge in [-0.25, -0.2) is 4.39 Å². The first-order chi connectivity index (χ1) is 10.6. The molecule has 0 bridgehead atoms. The molecule has 2 aromatic rings. The van der Waals surface area contributed by atoms with Crippen molar-refractivity contribution in [2.45, 2.75) is 13.0 Å². The Balaban J connectivity index is 1.76. The van der Waals surface area contributed by atoms with Gasteiger partial charge in [-0.05, 0) is 36.8 Å². The minimum Gasteiger partial charge on any atom is -0.370 e. The molecule has 1 atom stereocenters. The zero-order valence-electron chi connectivity index (χ0n) is 12.8. The van der Waals surface area contributed by atoms with Crippen molar-refractivity contribution in [1.29, 1.82) is 0 Å². The van der Waals surface area contributed by atoms with E-state index in [2.05, 4.69) is 0 Å². The number of halogens is 1. The van der Waals surface area contributed by atoms with Crippen LogP contribution in [0.1, 0.15) is 27.8 Å². The molecule has 0 unspecified atom stereocenters. The third-order valence-corrected chi connectivity index (χ3v) is 4.19. The molecule has 1 saturated heterocycles. The van der Waals surface area contributed by atoms with E-state index in [1.165, 1.54) is 12.1 Å². The molecule has 1 fully saturated rings. The molecule has 0 radical (unpaired) electrons. The smallest absolute Gasteiger partial charge is 0.270 e. The lowest BCUT2D eigenvalue weighted by molar-refractivity contribution is -0.0231. The summed E-state index contributed by atoms with van der Waals surface area (Å²) in [6, 6.07) is 10.0. The number of aryl methyl sites for hydroxylation is 1. The zero-order valence-corrected chi connectivity index (χ0v) is 12.8. The van der Waals surface area contributed by atoms with Crippen molar-refractivity contribution in [3.63, 3.8) is 0 Å². The second kappa shape index (κ2) is 5.93. The molecule has 1 aromatic heterocycles. The maximum Gasteiger partial charge on any atom is 0.270 e. The van der Waals surface area contributed by atoms with Crippen LogP contribution in [0.3, 0.4) is 0 Å². The fourth-order valence-electron chi connectivity index (χ4n) is 2.70. The first kappa shape index (κ1) is 14.8. The molecule has 1 aliphatic rings. The fourth-order valence-corrected chi connectivity index (χ4v) is 2.70. The Hall–Kier alpha value is -2.14.